The quantitative estimate of drug-likeness (QED) is 0.805. The zero-order valence-electron chi connectivity index (χ0n) is 10.3. The Morgan fingerprint density at radius 1 is 1.47 bits per heavy atom. The van der Waals surface area contributed by atoms with Crippen molar-refractivity contribution in [2.75, 3.05) is 25.1 Å². The van der Waals surface area contributed by atoms with E-state index in [0.717, 1.165) is 0 Å². The van der Waals surface area contributed by atoms with E-state index in [4.69, 9.17) is 4.74 Å². The van der Waals surface area contributed by atoms with E-state index in [0.29, 0.717) is 15.8 Å². The van der Waals surface area contributed by atoms with Crippen LogP contribution in [0.5, 0.6) is 5.75 Å². The summed E-state index contributed by atoms with van der Waals surface area (Å²) in [5.74, 6) is 0.654. The minimum atomic E-state index is -2.90. The lowest BCUT2D eigenvalue weighted by molar-refractivity contribution is 0.0993. The minimum Gasteiger partial charge on any atom is -0.487 e. The van der Waals surface area contributed by atoms with Crippen molar-refractivity contribution in [3.63, 3.8) is 0 Å². The van der Waals surface area contributed by atoms with E-state index in [1.165, 1.54) is 0 Å². The van der Waals surface area contributed by atoms with Gasteiger partial charge in [-0.1, -0.05) is 0 Å². The predicted octanol–water partition coefficient (Wildman–Crippen LogP) is 1.03. The molecule has 1 fully saturated rings. The highest BCUT2D eigenvalue weighted by Gasteiger charge is 2.35. The van der Waals surface area contributed by atoms with Crippen molar-refractivity contribution in [1.29, 1.82) is 0 Å². The Labute approximate surface area is 120 Å². The fraction of sp³-hybridized carbons (Fsp3) is 0.417. The molecule has 1 aromatic carbocycles. The zero-order chi connectivity index (χ0) is 14.0. The third-order valence-electron chi connectivity index (χ3n) is 2.76. The highest BCUT2D eigenvalue weighted by atomic mass is 79.9. The standard InChI is InChI=1S/C12H14BrNO4S/c1-14-5-11(15)8-2-3-12(10(13)4-8)18-9-6-19(16,17)7-9/h2-4,9,14H,5-7H2,1H3. The van der Waals surface area contributed by atoms with Crippen LogP contribution in [-0.4, -0.2) is 45.4 Å². The summed E-state index contributed by atoms with van der Waals surface area (Å²) in [6, 6.07) is 5.03. The number of benzene rings is 1. The van der Waals surface area contributed by atoms with E-state index < -0.39 is 9.84 Å². The van der Waals surface area contributed by atoms with Crippen molar-refractivity contribution in [3.05, 3.63) is 28.2 Å². The monoisotopic (exact) mass is 347 g/mol. The fourth-order valence-electron chi connectivity index (χ4n) is 1.80. The number of halogens is 1. The summed E-state index contributed by atoms with van der Waals surface area (Å²) in [4.78, 5) is 11.7. The van der Waals surface area contributed by atoms with E-state index in [-0.39, 0.29) is 29.9 Å². The van der Waals surface area contributed by atoms with Gasteiger partial charge in [0.25, 0.3) is 0 Å². The van der Waals surface area contributed by atoms with Crippen molar-refractivity contribution in [2.45, 2.75) is 6.10 Å². The second-order valence-electron chi connectivity index (χ2n) is 4.42. The Morgan fingerprint density at radius 3 is 2.68 bits per heavy atom. The molecule has 0 bridgehead atoms. The summed E-state index contributed by atoms with van der Waals surface area (Å²) < 4.78 is 28.3. The van der Waals surface area contributed by atoms with Crippen LogP contribution >= 0.6 is 15.9 Å². The number of hydrogen-bond donors (Lipinski definition) is 1. The van der Waals surface area contributed by atoms with Gasteiger partial charge < -0.3 is 10.1 Å². The first-order valence-corrected chi connectivity index (χ1v) is 8.37. The number of sulfone groups is 1. The van der Waals surface area contributed by atoms with Crippen LogP contribution in [0.2, 0.25) is 0 Å². The molecular formula is C12H14BrNO4S. The minimum absolute atomic E-state index is 0.0130. The summed E-state index contributed by atoms with van der Waals surface area (Å²) in [6.07, 6.45) is -0.292. The molecule has 0 atom stereocenters. The van der Waals surface area contributed by atoms with Gasteiger partial charge >= 0.3 is 0 Å². The van der Waals surface area contributed by atoms with Crippen LogP contribution < -0.4 is 10.1 Å². The summed E-state index contributed by atoms with van der Waals surface area (Å²) in [6.45, 7) is 0.271. The largest absolute Gasteiger partial charge is 0.487 e. The summed E-state index contributed by atoms with van der Waals surface area (Å²) in [5.41, 5.74) is 0.579. The molecule has 19 heavy (non-hydrogen) atoms. The Hall–Kier alpha value is -0.920. The van der Waals surface area contributed by atoms with Crippen molar-refractivity contribution in [3.8, 4) is 5.75 Å². The predicted molar refractivity (Wildman–Crippen MR) is 75.5 cm³/mol. The van der Waals surface area contributed by atoms with Crippen molar-refractivity contribution in [2.24, 2.45) is 0 Å². The van der Waals surface area contributed by atoms with Gasteiger partial charge in [0.15, 0.2) is 15.6 Å². The average Bonchev–Trinajstić information content (AvgIpc) is 2.29. The Kier molecular flexibility index (Phi) is 4.27. The molecule has 0 spiro atoms. The van der Waals surface area contributed by atoms with Crippen LogP contribution in [0.3, 0.4) is 0 Å². The zero-order valence-corrected chi connectivity index (χ0v) is 12.8. The molecule has 1 N–H and O–H groups in total. The number of ether oxygens (including phenoxy) is 1. The maximum Gasteiger partial charge on any atom is 0.176 e. The second-order valence-corrected chi connectivity index (χ2v) is 7.42. The number of Topliss-reactive ketones (excluding diaryl/α,β-unsaturated/α-hetero) is 1. The smallest absolute Gasteiger partial charge is 0.176 e. The maximum absolute atomic E-state index is 11.7. The molecule has 7 heteroatoms. The average molecular weight is 348 g/mol. The fourth-order valence-corrected chi connectivity index (χ4v) is 3.44. The van der Waals surface area contributed by atoms with Crippen molar-refractivity contribution < 1.29 is 17.9 Å². The van der Waals surface area contributed by atoms with Crippen LogP contribution in [0.15, 0.2) is 22.7 Å². The highest BCUT2D eigenvalue weighted by Crippen LogP contribution is 2.29. The third kappa shape index (κ3) is 3.55. The van der Waals surface area contributed by atoms with Gasteiger partial charge in [0.2, 0.25) is 0 Å². The Morgan fingerprint density at radius 2 is 2.16 bits per heavy atom. The van der Waals surface area contributed by atoms with Crippen molar-refractivity contribution in [1.82, 2.24) is 5.32 Å². The number of carbonyl (C=O) groups excluding carboxylic acids is 1. The molecular weight excluding hydrogens is 334 g/mol. The number of rotatable bonds is 5. The lowest BCUT2D eigenvalue weighted by atomic mass is 10.1. The number of carbonyl (C=O) groups is 1. The molecule has 5 nitrogen and oxygen atoms in total. The first-order valence-electron chi connectivity index (χ1n) is 5.76. The number of ketones is 1. The van der Waals surface area contributed by atoms with Gasteiger partial charge in [-0.3, -0.25) is 4.79 Å². The molecule has 0 aromatic heterocycles. The van der Waals surface area contributed by atoms with Crippen LogP contribution in [0.4, 0.5) is 0 Å². The topological polar surface area (TPSA) is 72.5 Å². The van der Waals surface area contributed by atoms with Gasteiger partial charge in [-0.25, -0.2) is 8.42 Å². The van der Waals surface area contributed by atoms with Gasteiger partial charge in [-0.2, -0.15) is 0 Å². The molecule has 0 radical (unpaired) electrons. The lowest BCUT2D eigenvalue weighted by Crippen LogP contribution is -2.45. The normalized spacial score (nSPS) is 17.8. The molecule has 1 heterocycles. The molecule has 1 aromatic rings. The van der Waals surface area contributed by atoms with Gasteiger partial charge in [0, 0.05) is 5.56 Å². The molecule has 104 valence electrons. The van der Waals surface area contributed by atoms with E-state index in [9.17, 15) is 13.2 Å². The van der Waals surface area contributed by atoms with Gasteiger partial charge in [0.05, 0.1) is 22.5 Å². The molecule has 1 aliphatic rings. The molecule has 0 saturated carbocycles. The van der Waals surface area contributed by atoms with E-state index in [1.807, 2.05) is 0 Å². The molecule has 1 saturated heterocycles. The number of nitrogens with one attached hydrogen (secondary N) is 1. The Balaban J connectivity index is 2.05. The third-order valence-corrected chi connectivity index (χ3v) is 5.14. The summed E-state index contributed by atoms with van der Waals surface area (Å²) >= 11 is 3.33. The maximum atomic E-state index is 11.7. The molecule has 2 rings (SSSR count). The van der Waals surface area contributed by atoms with E-state index in [1.54, 1.807) is 25.2 Å². The van der Waals surface area contributed by atoms with Crippen LogP contribution in [0.25, 0.3) is 0 Å². The summed E-state index contributed by atoms with van der Waals surface area (Å²) in [5, 5.41) is 2.80. The van der Waals surface area contributed by atoms with Crippen molar-refractivity contribution >= 4 is 31.6 Å². The second kappa shape index (κ2) is 5.60. The van der Waals surface area contributed by atoms with Gasteiger partial charge in [-0.05, 0) is 41.2 Å². The van der Waals surface area contributed by atoms with Crippen LogP contribution in [-0.2, 0) is 9.84 Å². The highest BCUT2D eigenvalue weighted by molar-refractivity contribution is 9.10. The van der Waals surface area contributed by atoms with Crippen LogP contribution in [0.1, 0.15) is 10.4 Å². The van der Waals surface area contributed by atoms with Gasteiger partial charge in [0.1, 0.15) is 11.9 Å². The first kappa shape index (κ1) is 14.5. The number of likely N-dealkylation sites (N-methyl/N-ethyl adjacent to an activating group) is 1. The molecule has 1 aliphatic heterocycles. The summed E-state index contributed by atoms with van der Waals surface area (Å²) in [7, 11) is -1.19. The van der Waals surface area contributed by atoms with Crippen LogP contribution in [0, 0.1) is 0 Å². The number of hydrogen-bond acceptors (Lipinski definition) is 5. The SMILES string of the molecule is CNCC(=O)c1ccc(OC2CS(=O)(=O)C2)c(Br)c1. The first-order chi connectivity index (χ1) is 8.91. The molecule has 0 aliphatic carbocycles. The lowest BCUT2D eigenvalue weighted by Gasteiger charge is -2.27. The molecule has 0 amide bonds. The molecule has 0 unspecified atom stereocenters. The van der Waals surface area contributed by atoms with E-state index >= 15 is 0 Å². The van der Waals surface area contributed by atoms with Gasteiger partial charge in [-0.15, -0.1) is 0 Å². The Bertz CT molecular complexity index is 588. The van der Waals surface area contributed by atoms with E-state index in [2.05, 4.69) is 21.2 Å².